The van der Waals surface area contributed by atoms with Crippen LogP contribution in [0.4, 0.5) is 0 Å². The Morgan fingerprint density at radius 3 is 2.56 bits per heavy atom. The molecule has 0 bridgehead atoms. The fraction of sp³-hybridized carbons (Fsp3) is 0.208. The number of fused-ring (bicyclic) bond motifs is 1. The van der Waals surface area contributed by atoms with Crippen molar-refractivity contribution in [3.63, 3.8) is 0 Å². The molecule has 0 saturated heterocycles. The average Bonchev–Trinajstić information content (AvgIpc) is 2.80. The molecule has 0 aliphatic carbocycles. The summed E-state index contributed by atoms with van der Waals surface area (Å²) in [4.78, 5) is 35.6. The molecule has 0 N–H and O–H groups in total. The summed E-state index contributed by atoms with van der Waals surface area (Å²) in [6.45, 7) is 2.63. The molecule has 162 valence electrons. The maximum Gasteiger partial charge on any atom is 0.274 e. The lowest BCUT2D eigenvalue weighted by atomic mass is 10.2. The summed E-state index contributed by atoms with van der Waals surface area (Å²) in [5.41, 5.74) is 1.57. The first-order chi connectivity index (χ1) is 15.5. The molecule has 32 heavy (non-hydrogen) atoms. The van der Waals surface area contributed by atoms with Gasteiger partial charge in [0.25, 0.3) is 11.5 Å². The van der Waals surface area contributed by atoms with Crippen LogP contribution in [-0.2, 0) is 13.1 Å². The van der Waals surface area contributed by atoms with E-state index < -0.39 is 0 Å². The SMILES string of the molecule is Cc1nc(CN(C)C(=O)c2ccc(=O)n(CCOc3ccccc3)n2)nc2ccccc12. The maximum absolute atomic E-state index is 12.9. The largest absolute Gasteiger partial charge is 0.492 e. The molecule has 1 amide bonds. The van der Waals surface area contributed by atoms with Crippen molar-refractivity contribution in [2.24, 2.45) is 0 Å². The molecule has 4 rings (SSSR count). The molecule has 8 heteroatoms. The van der Waals surface area contributed by atoms with Gasteiger partial charge in [-0.3, -0.25) is 9.59 Å². The second-order valence-corrected chi connectivity index (χ2v) is 7.35. The van der Waals surface area contributed by atoms with Gasteiger partial charge in [-0.2, -0.15) is 5.10 Å². The molecule has 2 aromatic heterocycles. The number of hydrogen-bond donors (Lipinski definition) is 0. The van der Waals surface area contributed by atoms with E-state index in [2.05, 4.69) is 15.1 Å². The Morgan fingerprint density at radius 1 is 1.00 bits per heavy atom. The lowest BCUT2D eigenvalue weighted by molar-refractivity contribution is 0.0772. The lowest BCUT2D eigenvalue weighted by Gasteiger charge is -2.17. The van der Waals surface area contributed by atoms with Crippen LogP contribution < -0.4 is 10.3 Å². The predicted octanol–water partition coefficient (Wildman–Crippen LogP) is 2.85. The van der Waals surface area contributed by atoms with E-state index >= 15 is 0 Å². The Labute approximate surface area is 185 Å². The summed E-state index contributed by atoms with van der Waals surface area (Å²) in [5, 5.41) is 5.21. The quantitative estimate of drug-likeness (QED) is 0.449. The van der Waals surface area contributed by atoms with Crippen molar-refractivity contribution >= 4 is 16.8 Å². The smallest absolute Gasteiger partial charge is 0.274 e. The lowest BCUT2D eigenvalue weighted by Crippen LogP contribution is -2.32. The van der Waals surface area contributed by atoms with Gasteiger partial charge in [0.2, 0.25) is 0 Å². The molecule has 2 heterocycles. The van der Waals surface area contributed by atoms with Crippen molar-refractivity contribution in [3.05, 3.63) is 94.3 Å². The van der Waals surface area contributed by atoms with E-state index in [1.807, 2.05) is 61.5 Å². The molecule has 0 radical (unpaired) electrons. The molecular formula is C24H23N5O3. The first-order valence-corrected chi connectivity index (χ1v) is 10.2. The fourth-order valence-corrected chi connectivity index (χ4v) is 3.33. The van der Waals surface area contributed by atoms with Gasteiger partial charge in [-0.1, -0.05) is 36.4 Å². The van der Waals surface area contributed by atoms with E-state index in [1.54, 1.807) is 7.05 Å². The third kappa shape index (κ3) is 4.80. The van der Waals surface area contributed by atoms with Gasteiger partial charge in [0, 0.05) is 24.2 Å². The summed E-state index contributed by atoms with van der Waals surface area (Å²) >= 11 is 0. The Balaban J connectivity index is 1.45. The topological polar surface area (TPSA) is 90.2 Å². The molecule has 0 atom stereocenters. The van der Waals surface area contributed by atoms with Crippen LogP contribution in [0.1, 0.15) is 22.0 Å². The van der Waals surface area contributed by atoms with E-state index in [1.165, 1.54) is 21.7 Å². The molecule has 0 spiro atoms. The zero-order valence-electron chi connectivity index (χ0n) is 17.9. The number of nitrogens with zero attached hydrogens (tertiary/aromatic N) is 5. The number of carbonyl (C=O) groups excluding carboxylic acids is 1. The highest BCUT2D eigenvalue weighted by atomic mass is 16.5. The summed E-state index contributed by atoms with van der Waals surface area (Å²) in [7, 11) is 1.66. The number of amides is 1. The fourth-order valence-electron chi connectivity index (χ4n) is 3.33. The maximum atomic E-state index is 12.9. The average molecular weight is 429 g/mol. The van der Waals surface area contributed by atoms with Crippen LogP contribution in [0.3, 0.4) is 0 Å². The highest BCUT2D eigenvalue weighted by molar-refractivity contribution is 5.91. The Hall–Kier alpha value is -4.07. The van der Waals surface area contributed by atoms with Crippen LogP contribution >= 0.6 is 0 Å². The van der Waals surface area contributed by atoms with Gasteiger partial charge in [-0.05, 0) is 31.2 Å². The highest BCUT2D eigenvalue weighted by Crippen LogP contribution is 2.15. The second-order valence-electron chi connectivity index (χ2n) is 7.35. The van der Waals surface area contributed by atoms with Gasteiger partial charge < -0.3 is 9.64 Å². The van der Waals surface area contributed by atoms with E-state index in [-0.39, 0.29) is 36.9 Å². The second kappa shape index (κ2) is 9.38. The van der Waals surface area contributed by atoms with Gasteiger partial charge >= 0.3 is 0 Å². The standard InChI is InChI=1S/C24H23N5O3/c1-17-19-10-6-7-11-20(19)26-22(25-17)16-28(2)24(31)21-12-13-23(30)29(27-21)14-15-32-18-8-4-3-5-9-18/h3-13H,14-16H2,1-2H3. The van der Waals surface area contributed by atoms with Crippen molar-refractivity contribution in [3.8, 4) is 5.75 Å². The van der Waals surface area contributed by atoms with Crippen molar-refractivity contribution in [2.45, 2.75) is 20.0 Å². The van der Waals surface area contributed by atoms with Crippen molar-refractivity contribution in [2.75, 3.05) is 13.7 Å². The zero-order chi connectivity index (χ0) is 22.5. The Kier molecular flexibility index (Phi) is 6.21. The van der Waals surface area contributed by atoms with Crippen molar-refractivity contribution in [1.29, 1.82) is 0 Å². The highest BCUT2D eigenvalue weighted by Gasteiger charge is 2.17. The zero-order valence-corrected chi connectivity index (χ0v) is 17.9. The van der Waals surface area contributed by atoms with Crippen molar-refractivity contribution < 1.29 is 9.53 Å². The molecule has 0 fully saturated rings. The van der Waals surface area contributed by atoms with E-state index in [0.29, 0.717) is 11.6 Å². The predicted molar refractivity (Wildman–Crippen MR) is 121 cm³/mol. The monoisotopic (exact) mass is 429 g/mol. The number of benzene rings is 2. The molecule has 2 aromatic carbocycles. The Morgan fingerprint density at radius 2 is 1.75 bits per heavy atom. The molecule has 0 saturated carbocycles. The van der Waals surface area contributed by atoms with E-state index in [0.717, 1.165) is 16.6 Å². The van der Waals surface area contributed by atoms with Crippen LogP contribution in [0, 0.1) is 6.92 Å². The minimum Gasteiger partial charge on any atom is -0.492 e. The number of para-hydroxylation sites is 2. The number of hydrogen-bond acceptors (Lipinski definition) is 6. The van der Waals surface area contributed by atoms with Crippen molar-refractivity contribution in [1.82, 2.24) is 24.6 Å². The number of carbonyl (C=O) groups is 1. The van der Waals surface area contributed by atoms with Crippen LogP contribution in [0.5, 0.6) is 5.75 Å². The molecule has 4 aromatic rings. The first kappa shape index (κ1) is 21.2. The van der Waals surface area contributed by atoms with Gasteiger partial charge in [0.1, 0.15) is 23.9 Å². The molecule has 0 aliphatic heterocycles. The van der Waals surface area contributed by atoms with Gasteiger partial charge in [0.15, 0.2) is 0 Å². The normalized spacial score (nSPS) is 10.8. The first-order valence-electron chi connectivity index (χ1n) is 10.2. The number of rotatable bonds is 7. The third-order valence-electron chi connectivity index (χ3n) is 4.97. The summed E-state index contributed by atoms with van der Waals surface area (Å²) < 4.78 is 6.86. The summed E-state index contributed by atoms with van der Waals surface area (Å²) in [6.07, 6.45) is 0. The minimum absolute atomic E-state index is 0.171. The van der Waals surface area contributed by atoms with Crippen LogP contribution in [-0.4, -0.2) is 44.2 Å². The van der Waals surface area contributed by atoms with Gasteiger partial charge in [-0.15, -0.1) is 0 Å². The number of aryl methyl sites for hydroxylation is 1. The molecule has 8 nitrogen and oxygen atoms in total. The minimum atomic E-state index is -0.322. The number of aromatic nitrogens is 4. The summed E-state index contributed by atoms with van der Waals surface area (Å²) in [5.74, 6) is 0.928. The molecule has 0 aliphatic rings. The van der Waals surface area contributed by atoms with E-state index in [4.69, 9.17) is 4.74 Å². The van der Waals surface area contributed by atoms with Crippen LogP contribution in [0.15, 0.2) is 71.5 Å². The molecular weight excluding hydrogens is 406 g/mol. The van der Waals surface area contributed by atoms with Crippen LogP contribution in [0.25, 0.3) is 10.9 Å². The molecule has 0 unspecified atom stereocenters. The van der Waals surface area contributed by atoms with Gasteiger partial charge in [-0.25, -0.2) is 14.6 Å². The Bertz CT molecular complexity index is 1300. The van der Waals surface area contributed by atoms with E-state index in [9.17, 15) is 9.59 Å². The summed E-state index contributed by atoms with van der Waals surface area (Å²) in [6, 6.07) is 19.8. The van der Waals surface area contributed by atoms with Crippen LogP contribution in [0.2, 0.25) is 0 Å². The van der Waals surface area contributed by atoms with Gasteiger partial charge in [0.05, 0.1) is 18.6 Å². The third-order valence-corrected chi connectivity index (χ3v) is 4.97. The number of ether oxygens (including phenoxy) is 1.